The van der Waals surface area contributed by atoms with Crippen molar-refractivity contribution in [3.05, 3.63) is 48.5 Å². The summed E-state index contributed by atoms with van der Waals surface area (Å²) in [6, 6.07) is 15.4. The number of hydrogen-bond acceptors (Lipinski definition) is 5. The van der Waals surface area contributed by atoms with Crippen LogP contribution in [0.5, 0.6) is 11.5 Å². The lowest BCUT2D eigenvalue weighted by Crippen LogP contribution is -2.14. The zero-order valence-corrected chi connectivity index (χ0v) is 11.7. The molecule has 0 saturated carbocycles. The Kier molecular flexibility index (Phi) is 2.18. The minimum absolute atomic E-state index is 0.178. The van der Waals surface area contributed by atoms with Gasteiger partial charge in [0.2, 0.25) is 0 Å². The van der Waals surface area contributed by atoms with E-state index in [0.717, 1.165) is 27.6 Å². The summed E-state index contributed by atoms with van der Waals surface area (Å²) in [5.41, 5.74) is 4.15. The van der Waals surface area contributed by atoms with E-state index in [4.69, 9.17) is 9.47 Å². The predicted molar refractivity (Wildman–Crippen MR) is 81.5 cm³/mol. The summed E-state index contributed by atoms with van der Waals surface area (Å²) in [7, 11) is 0. The van der Waals surface area contributed by atoms with Gasteiger partial charge in [-0.2, -0.15) is 0 Å². The van der Waals surface area contributed by atoms with Crippen LogP contribution in [0, 0.1) is 0 Å². The fraction of sp³-hybridized carbons (Fsp3) is 0. The first kappa shape index (κ1) is 12.2. The van der Waals surface area contributed by atoms with Crippen molar-refractivity contribution in [3.63, 3.8) is 0 Å². The van der Waals surface area contributed by atoms with Gasteiger partial charge in [0.05, 0.1) is 0 Å². The lowest BCUT2D eigenvalue weighted by atomic mass is 10.0. The summed E-state index contributed by atoms with van der Waals surface area (Å²) < 4.78 is 14.7. The molecule has 0 radical (unpaired) electrons. The van der Waals surface area contributed by atoms with Gasteiger partial charge in [-0.25, -0.2) is 9.59 Å². The van der Waals surface area contributed by atoms with Crippen molar-refractivity contribution in [2.45, 2.75) is 0 Å². The maximum atomic E-state index is 11.6. The fourth-order valence-corrected chi connectivity index (χ4v) is 3.29. The zero-order valence-electron chi connectivity index (χ0n) is 11.7. The molecule has 2 aliphatic rings. The van der Waals surface area contributed by atoms with E-state index in [9.17, 15) is 9.59 Å². The maximum absolute atomic E-state index is 11.6. The van der Waals surface area contributed by atoms with Crippen LogP contribution < -0.4 is 9.47 Å². The van der Waals surface area contributed by atoms with E-state index < -0.39 is 12.3 Å². The largest absolute Gasteiger partial charge is 0.524 e. The van der Waals surface area contributed by atoms with Gasteiger partial charge in [-0.05, 0) is 28.3 Å². The lowest BCUT2D eigenvalue weighted by Gasteiger charge is -2.09. The molecule has 3 aromatic carbocycles. The van der Waals surface area contributed by atoms with E-state index in [0.29, 0.717) is 5.39 Å². The Morgan fingerprint density at radius 3 is 2.17 bits per heavy atom. The Balaban J connectivity index is 1.93. The van der Waals surface area contributed by atoms with Gasteiger partial charge >= 0.3 is 12.3 Å². The van der Waals surface area contributed by atoms with Crippen molar-refractivity contribution in [2.24, 2.45) is 0 Å². The molecule has 0 aromatic heterocycles. The highest BCUT2D eigenvalue weighted by atomic mass is 16.8. The Morgan fingerprint density at radius 2 is 1.35 bits per heavy atom. The number of carbonyl (C=O) groups is 2. The lowest BCUT2D eigenvalue weighted by molar-refractivity contribution is 0.0999. The first-order valence-corrected chi connectivity index (χ1v) is 7.03. The third-order valence-electron chi connectivity index (χ3n) is 4.13. The second-order valence-corrected chi connectivity index (χ2v) is 5.33. The molecule has 1 heterocycles. The van der Waals surface area contributed by atoms with Crippen molar-refractivity contribution < 1.29 is 23.8 Å². The summed E-state index contributed by atoms with van der Waals surface area (Å²) in [5.74, 6) is 0.381. The molecule has 0 unspecified atom stereocenters. The van der Waals surface area contributed by atoms with Crippen LogP contribution in [0.15, 0.2) is 48.5 Å². The topological polar surface area (TPSA) is 61.8 Å². The first-order valence-electron chi connectivity index (χ1n) is 7.03. The normalized spacial score (nSPS) is 14.4. The van der Waals surface area contributed by atoms with Gasteiger partial charge in [0, 0.05) is 10.8 Å². The van der Waals surface area contributed by atoms with Crippen molar-refractivity contribution in [2.75, 3.05) is 0 Å². The Bertz CT molecular complexity index is 1040. The Morgan fingerprint density at radius 1 is 0.652 bits per heavy atom. The maximum Gasteiger partial charge on any atom is 0.524 e. The van der Waals surface area contributed by atoms with E-state index in [1.807, 2.05) is 42.5 Å². The molecule has 0 saturated heterocycles. The molecule has 110 valence electrons. The van der Waals surface area contributed by atoms with E-state index in [1.165, 1.54) is 0 Å². The summed E-state index contributed by atoms with van der Waals surface area (Å²) >= 11 is 0. The minimum atomic E-state index is -1.09. The molecule has 1 aliphatic carbocycles. The van der Waals surface area contributed by atoms with Crippen LogP contribution >= 0.6 is 0 Å². The molecular weight excluding hydrogens is 296 g/mol. The summed E-state index contributed by atoms with van der Waals surface area (Å²) in [5, 5.41) is 1.68. The van der Waals surface area contributed by atoms with Crippen molar-refractivity contribution in [1.82, 2.24) is 0 Å². The number of ether oxygens (including phenoxy) is 3. The third-order valence-corrected chi connectivity index (χ3v) is 4.13. The van der Waals surface area contributed by atoms with Crippen molar-refractivity contribution >= 4 is 23.1 Å². The molecule has 0 bridgehead atoms. The van der Waals surface area contributed by atoms with Crippen LogP contribution in [0.2, 0.25) is 0 Å². The molecule has 0 atom stereocenters. The minimum Gasteiger partial charge on any atom is -0.391 e. The number of rotatable bonds is 0. The standard InChI is InChI=1S/C18H8O5/c19-17-21-14-8-13-10-5-2-1-4-9(10)11-6-3-7-12(15(11)13)16(14)22-18(20)23-17/h1-8H. The van der Waals surface area contributed by atoms with Crippen molar-refractivity contribution in [1.29, 1.82) is 0 Å². The molecule has 23 heavy (non-hydrogen) atoms. The van der Waals surface area contributed by atoms with Crippen molar-refractivity contribution in [3.8, 4) is 33.8 Å². The number of cyclic esters (lactones) is 2. The quantitative estimate of drug-likeness (QED) is 0.271. The molecular formula is C18H8O5. The summed E-state index contributed by atoms with van der Waals surface area (Å²) in [6.45, 7) is 0. The number of hydrogen-bond donors (Lipinski definition) is 0. The molecule has 0 N–H and O–H groups in total. The molecule has 0 spiro atoms. The molecule has 0 amide bonds. The van der Waals surface area contributed by atoms with E-state index in [2.05, 4.69) is 4.74 Å². The Labute approximate surface area is 130 Å². The summed E-state index contributed by atoms with van der Waals surface area (Å²) in [6.07, 6.45) is -2.19. The monoisotopic (exact) mass is 304 g/mol. The van der Waals surface area contributed by atoms with Crippen LogP contribution in [-0.2, 0) is 4.74 Å². The second-order valence-electron chi connectivity index (χ2n) is 5.33. The third kappa shape index (κ3) is 1.56. The summed E-state index contributed by atoms with van der Waals surface area (Å²) in [4.78, 5) is 23.1. The van der Waals surface area contributed by atoms with Gasteiger partial charge < -0.3 is 14.2 Å². The highest BCUT2D eigenvalue weighted by Gasteiger charge is 2.30. The van der Waals surface area contributed by atoms with Crippen LogP contribution in [0.1, 0.15) is 0 Å². The second kappa shape index (κ2) is 4.10. The SMILES string of the molecule is O=C1OC(=O)Oc2c(cc3c4c(cccc24)-c2ccccc2-3)O1. The smallest absolute Gasteiger partial charge is 0.391 e. The zero-order chi connectivity index (χ0) is 15.6. The fourth-order valence-electron chi connectivity index (χ4n) is 3.29. The number of fused-ring (bicyclic) bond motifs is 5. The Hall–Kier alpha value is -3.34. The van der Waals surface area contributed by atoms with E-state index >= 15 is 0 Å². The molecule has 5 nitrogen and oxygen atoms in total. The molecule has 5 heteroatoms. The highest BCUT2D eigenvalue weighted by molar-refractivity contribution is 6.18. The van der Waals surface area contributed by atoms with Gasteiger partial charge in [0.15, 0.2) is 11.5 Å². The first-order chi connectivity index (χ1) is 11.2. The predicted octanol–water partition coefficient (Wildman–Crippen LogP) is 4.52. The van der Waals surface area contributed by atoms with E-state index in [1.54, 1.807) is 6.07 Å². The highest BCUT2D eigenvalue weighted by Crippen LogP contribution is 2.52. The number of carbonyl (C=O) groups excluding carboxylic acids is 2. The molecule has 5 rings (SSSR count). The van der Waals surface area contributed by atoms with Gasteiger partial charge in [0.1, 0.15) is 0 Å². The molecule has 1 aliphatic heterocycles. The molecule has 0 fully saturated rings. The van der Waals surface area contributed by atoms with Gasteiger partial charge in [-0.1, -0.05) is 42.5 Å². The van der Waals surface area contributed by atoms with Crippen LogP contribution in [0.25, 0.3) is 33.0 Å². The number of benzene rings is 3. The van der Waals surface area contributed by atoms with E-state index in [-0.39, 0.29) is 11.5 Å². The molecule has 3 aromatic rings. The average Bonchev–Trinajstić information content (AvgIpc) is 2.77. The van der Waals surface area contributed by atoms with Crippen LogP contribution in [0.4, 0.5) is 9.59 Å². The van der Waals surface area contributed by atoms with Gasteiger partial charge in [-0.15, -0.1) is 0 Å². The van der Waals surface area contributed by atoms with Crippen LogP contribution in [-0.4, -0.2) is 12.3 Å². The average molecular weight is 304 g/mol. The van der Waals surface area contributed by atoms with Crippen LogP contribution in [0.3, 0.4) is 0 Å². The van der Waals surface area contributed by atoms with Gasteiger partial charge in [0.25, 0.3) is 0 Å². The van der Waals surface area contributed by atoms with Gasteiger partial charge in [-0.3, -0.25) is 0 Å².